The molecule has 5 nitrogen and oxygen atoms in total. The van der Waals surface area contributed by atoms with Gasteiger partial charge in [-0.3, -0.25) is 10.0 Å². The molecule has 0 amide bonds. The van der Waals surface area contributed by atoms with E-state index in [-0.39, 0.29) is 12.0 Å². The Bertz CT molecular complexity index is 1050. The van der Waals surface area contributed by atoms with Gasteiger partial charge in [0.1, 0.15) is 0 Å². The number of nitrogen functional groups attached to an aromatic ring is 1. The van der Waals surface area contributed by atoms with Gasteiger partial charge in [0, 0.05) is 44.2 Å². The number of benzene rings is 2. The SMILES string of the molecule is CN=Cc1c(N)cccc1C1c2cccc(Cl)c2N(C2=CC=C(F)N(C)C2)N1C. The van der Waals surface area contributed by atoms with E-state index in [1.165, 1.54) is 6.08 Å². The summed E-state index contributed by atoms with van der Waals surface area (Å²) in [5, 5.41) is 4.83. The van der Waals surface area contributed by atoms with Crippen molar-refractivity contribution < 1.29 is 4.39 Å². The van der Waals surface area contributed by atoms with Crippen molar-refractivity contribution >= 4 is 29.2 Å². The molecule has 150 valence electrons. The van der Waals surface area contributed by atoms with Crippen molar-refractivity contribution in [1.29, 1.82) is 0 Å². The van der Waals surface area contributed by atoms with Gasteiger partial charge in [0.2, 0.25) is 0 Å². The second-order valence-corrected chi connectivity index (χ2v) is 7.61. The van der Waals surface area contributed by atoms with Gasteiger partial charge >= 0.3 is 0 Å². The third-order valence-corrected chi connectivity index (χ3v) is 5.69. The Hall–Kier alpha value is -2.83. The van der Waals surface area contributed by atoms with E-state index in [4.69, 9.17) is 17.3 Å². The molecule has 1 unspecified atom stereocenters. The van der Waals surface area contributed by atoms with E-state index in [0.29, 0.717) is 17.3 Å². The predicted octanol–water partition coefficient (Wildman–Crippen LogP) is 4.37. The smallest absolute Gasteiger partial charge is 0.189 e. The largest absolute Gasteiger partial charge is 0.398 e. The van der Waals surface area contributed by atoms with Gasteiger partial charge < -0.3 is 10.6 Å². The van der Waals surface area contributed by atoms with Crippen LogP contribution >= 0.6 is 11.6 Å². The summed E-state index contributed by atoms with van der Waals surface area (Å²) in [6, 6.07) is 11.7. The van der Waals surface area contributed by atoms with E-state index in [0.717, 1.165) is 28.1 Å². The third kappa shape index (κ3) is 3.18. The minimum absolute atomic E-state index is 0.109. The summed E-state index contributed by atoms with van der Waals surface area (Å²) >= 11 is 6.65. The Morgan fingerprint density at radius 3 is 2.59 bits per heavy atom. The molecule has 0 radical (unpaired) electrons. The Morgan fingerprint density at radius 1 is 1.14 bits per heavy atom. The van der Waals surface area contributed by atoms with Crippen molar-refractivity contribution in [2.45, 2.75) is 6.04 Å². The van der Waals surface area contributed by atoms with Crippen molar-refractivity contribution in [3.63, 3.8) is 0 Å². The molecule has 0 saturated carbocycles. The van der Waals surface area contributed by atoms with Gasteiger partial charge in [-0.2, -0.15) is 4.39 Å². The normalized spacial score (nSPS) is 19.6. The summed E-state index contributed by atoms with van der Waals surface area (Å²) in [6.45, 7) is 0.435. The molecule has 1 atom stereocenters. The number of fused-ring (bicyclic) bond motifs is 1. The molecule has 2 aromatic rings. The molecule has 0 fully saturated rings. The van der Waals surface area contributed by atoms with Crippen LogP contribution in [0.2, 0.25) is 5.02 Å². The minimum Gasteiger partial charge on any atom is -0.398 e. The van der Waals surface area contributed by atoms with Crippen LogP contribution < -0.4 is 10.7 Å². The molecule has 0 aliphatic carbocycles. The number of anilines is 2. The van der Waals surface area contributed by atoms with Crippen LogP contribution in [0.15, 0.2) is 65.2 Å². The van der Waals surface area contributed by atoms with Crippen LogP contribution in [-0.2, 0) is 0 Å². The molecule has 4 rings (SSSR count). The van der Waals surface area contributed by atoms with E-state index in [1.54, 1.807) is 31.3 Å². The van der Waals surface area contributed by atoms with E-state index in [1.807, 2.05) is 31.3 Å². The molecule has 0 saturated heterocycles. The van der Waals surface area contributed by atoms with Crippen molar-refractivity contribution in [2.24, 2.45) is 4.99 Å². The second-order valence-electron chi connectivity index (χ2n) is 7.21. The Kier molecular flexibility index (Phi) is 5.06. The van der Waals surface area contributed by atoms with Gasteiger partial charge in [0.15, 0.2) is 5.95 Å². The lowest BCUT2D eigenvalue weighted by Gasteiger charge is -2.36. The number of rotatable bonds is 3. The first-order chi connectivity index (χ1) is 13.9. The quantitative estimate of drug-likeness (QED) is 0.463. The fourth-order valence-electron chi connectivity index (χ4n) is 4.08. The molecule has 0 bridgehead atoms. The van der Waals surface area contributed by atoms with Crippen molar-refractivity contribution in [3.8, 4) is 0 Å². The number of hydrazine groups is 1. The molecule has 2 heterocycles. The van der Waals surface area contributed by atoms with E-state index in [9.17, 15) is 4.39 Å². The first-order valence-corrected chi connectivity index (χ1v) is 9.71. The fourth-order valence-corrected chi connectivity index (χ4v) is 4.35. The van der Waals surface area contributed by atoms with Crippen LogP contribution in [0, 0.1) is 0 Å². The molecule has 2 aliphatic rings. The maximum absolute atomic E-state index is 13.9. The first kappa shape index (κ1) is 19.5. The standard InChI is InChI=1S/C22H23ClFN5/c1-26-12-17-15(6-5-9-19(17)25)21-16-7-4-8-18(23)22(16)29(28(21)3)14-10-11-20(24)27(2)13-14/h4-12,21H,13,25H2,1-3H3. The van der Waals surface area contributed by atoms with Gasteiger partial charge in [0.25, 0.3) is 0 Å². The lowest BCUT2D eigenvalue weighted by Crippen LogP contribution is -2.40. The molecule has 2 aromatic carbocycles. The number of likely N-dealkylation sites (N-methyl/N-ethyl adjacent to an activating group) is 1. The second kappa shape index (κ2) is 7.54. The van der Waals surface area contributed by atoms with Gasteiger partial charge in [0.05, 0.1) is 29.0 Å². The van der Waals surface area contributed by atoms with Crippen molar-refractivity contribution in [2.75, 3.05) is 38.4 Å². The number of nitrogens with zero attached hydrogens (tertiary/aromatic N) is 4. The Labute approximate surface area is 175 Å². The number of hydrogen-bond acceptors (Lipinski definition) is 5. The van der Waals surface area contributed by atoms with Crippen LogP contribution in [0.25, 0.3) is 0 Å². The zero-order chi connectivity index (χ0) is 20.7. The van der Waals surface area contributed by atoms with Crippen LogP contribution in [0.1, 0.15) is 22.7 Å². The number of para-hydroxylation sites is 1. The van der Waals surface area contributed by atoms with Crippen LogP contribution in [0.3, 0.4) is 0 Å². The highest BCUT2D eigenvalue weighted by atomic mass is 35.5. The zero-order valence-corrected chi connectivity index (χ0v) is 17.4. The summed E-state index contributed by atoms with van der Waals surface area (Å²) in [7, 11) is 5.47. The third-order valence-electron chi connectivity index (χ3n) is 5.39. The number of aliphatic imine (C=N–C) groups is 1. The summed E-state index contributed by atoms with van der Waals surface area (Å²) in [6.07, 6.45) is 5.07. The molecule has 2 N–H and O–H groups in total. The fraction of sp³-hybridized carbons (Fsp3) is 0.227. The lowest BCUT2D eigenvalue weighted by atomic mass is 9.94. The zero-order valence-electron chi connectivity index (χ0n) is 16.6. The van der Waals surface area contributed by atoms with Gasteiger partial charge in [-0.15, -0.1) is 0 Å². The number of halogens is 2. The van der Waals surface area contributed by atoms with Crippen LogP contribution in [0.5, 0.6) is 0 Å². The summed E-state index contributed by atoms with van der Waals surface area (Å²) < 4.78 is 13.9. The molecule has 7 heteroatoms. The van der Waals surface area contributed by atoms with E-state index in [2.05, 4.69) is 27.1 Å². The number of allylic oxidation sites excluding steroid dienone is 2. The van der Waals surface area contributed by atoms with Crippen LogP contribution in [0.4, 0.5) is 15.8 Å². The highest BCUT2D eigenvalue weighted by Crippen LogP contribution is 2.49. The topological polar surface area (TPSA) is 48.1 Å². The summed E-state index contributed by atoms with van der Waals surface area (Å²) in [5.74, 6) is -0.260. The lowest BCUT2D eigenvalue weighted by molar-refractivity contribution is 0.276. The number of hydrogen-bond donors (Lipinski definition) is 1. The monoisotopic (exact) mass is 411 g/mol. The highest BCUT2D eigenvalue weighted by Gasteiger charge is 2.39. The highest BCUT2D eigenvalue weighted by molar-refractivity contribution is 6.33. The van der Waals surface area contributed by atoms with E-state index < -0.39 is 0 Å². The predicted molar refractivity (Wildman–Crippen MR) is 118 cm³/mol. The van der Waals surface area contributed by atoms with Crippen LogP contribution in [-0.4, -0.2) is 43.8 Å². The average molecular weight is 412 g/mol. The average Bonchev–Trinajstić information content (AvgIpc) is 2.99. The minimum atomic E-state index is -0.260. The van der Waals surface area contributed by atoms with Gasteiger partial charge in [-0.25, -0.2) is 5.01 Å². The molecule has 29 heavy (non-hydrogen) atoms. The maximum atomic E-state index is 13.9. The molecular formula is C22H23ClFN5. The van der Waals surface area contributed by atoms with Gasteiger partial charge in [-0.05, 0) is 29.8 Å². The molecular weight excluding hydrogens is 389 g/mol. The van der Waals surface area contributed by atoms with Crippen molar-refractivity contribution in [3.05, 3.63) is 81.9 Å². The van der Waals surface area contributed by atoms with E-state index >= 15 is 0 Å². The Morgan fingerprint density at radius 2 is 1.86 bits per heavy atom. The molecule has 2 aliphatic heterocycles. The Balaban J connectivity index is 1.90. The maximum Gasteiger partial charge on any atom is 0.189 e. The van der Waals surface area contributed by atoms with Gasteiger partial charge in [-0.1, -0.05) is 35.9 Å². The first-order valence-electron chi connectivity index (χ1n) is 9.33. The molecule has 0 aromatic heterocycles. The summed E-state index contributed by atoms with van der Waals surface area (Å²) in [5.41, 5.74) is 11.8. The summed E-state index contributed by atoms with van der Waals surface area (Å²) in [4.78, 5) is 5.77. The number of nitrogens with two attached hydrogens (primary N) is 1. The van der Waals surface area contributed by atoms with Crippen molar-refractivity contribution in [1.82, 2.24) is 9.91 Å². The molecule has 0 spiro atoms.